The van der Waals surface area contributed by atoms with Gasteiger partial charge in [0.2, 0.25) is 5.78 Å². The van der Waals surface area contributed by atoms with E-state index in [1.54, 1.807) is 0 Å². The number of carbonyl (C=O) groups excluding carboxylic acids is 2. The predicted octanol–water partition coefficient (Wildman–Crippen LogP) is 0.902. The molecule has 0 aromatic carbocycles. The maximum atomic E-state index is 11.1. The third kappa shape index (κ3) is 1.47. The van der Waals surface area contributed by atoms with Gasteiger partial charge in [-0.2, -0.15) is 0 Å². The van der Waals surface area contributed by atoms with Gasteiger partial charge in [0.05, 0.1) is 0 Å². The Morgan fingerprint density at radius 1 is 1.36 bits per heavy atom. The lowest BCUT2D eigenvalue weighted by molar-refractivity contribution is -0.136. The summed E-state index contributed by atoms with van der Waals surface area (Å²) in [6.07, 6.45) is 2.22. The van der Waals surface area contributed by atoms with Gasteiger partial charge in [-0.3, -0.25) is 9.59 Å². The Morgan fingerprint density at radius 2 is 1.93 bits per heavy atom. The number of Topliss-reactive ketones (excluding diaryl/α,β-unsaturated/α-hetero) is 1. The summed E-state index contributed by atoms with van der Waals surface area (Å²) in [4.78, 5) is 21.9. The fraction of sp³-hybridized carbons (Fsp3) is 0.636. The molecular weight excluding hydrogens is 178 g/mol. The molecule has 1 saturated carbocycles. The molecule has 4 atom stereocenters. The molecule has 1 amide bonds. The van der Waals surface area contributed by atoms with E-state index in [-0.39, 0.29) is 6.04 Å². The van der Waals surface area contributed by atoms with E-state index in [4.69, 9.17) is 0 Å². The van der Waals surface area contributed by atoms with Crippen LogP contribution >= 0.6 is 0 Å². The van der Waals surface area contributed by atoms with E-state index in [1.807, 2.05) is 0 Å². The molecule has 3 nitrogen and oxygen atoms in total. The van der Waals surface area contributed by atoms with E-state index < -0.39 is 11.7 Å². The summed E-state index contributed by atoms with van der Waals surface area (Å²) in [5.74, 6) is 0.753. The number of allylic oxidation sites excluding steroid dienone is 1. The molecule has 1 N–H and O–H groups in total. The van der Waals surface area contributed by atoms with Gasteiger partial charge in [0, 0.05) is 18.9 Å². The van der Waals surface area contributed by atoms with Crippen molar-refractivity contribution in [3.05, 3.63) is 11.6 Å². The summed E-state index contributed by atoms with van der Waals surface area (Å²) < 4.78 is 0. The fourth-order valence-electron chi connectivity index (χ4n) is 2.10. The molecule has 2 aliphatic carbocycles. The van der Waals surface area contributed by atoms with Crippen LogP contribution in [0.5, 0.6) is 0 Å². The lowest BCUT2D eigenvalue weighted by Gasteiger charge is -1.99. The molecule has 0 spiro atoms. The molecular formula is C11H15NO2. The summed E-state index contributed by atoms with van der Waals surface area (Å²) in [6, 6.07) is 0.197. The number of carbonyl (C=O) groups is 2. The first-order valence-corrected chi connectivity index (χ1v) is 5.05. The van der Waals surface area contributed by atoms with E-state index in [1.165, 1.54) is 12.5 Å². The van der Waals surface area contributed by atoms with Crippen LogP contribution in [0, 0.1) is 17.8 Å². The number of rotatable bonds is 3. The minimum Gasteiger partial charge on any atom is -0.346 e. The first kappa shape index (κ1) is 9.44. The Labute approximate surface area is 83.6 Å². The number of hydrogen-bond donors (Lipinski definition) is 1. The first-order chi connectivity index (χ1) is 6.52. The standard InChI is InChI=1S/C11H15NO2/c1-5-4-8(5)9-6(2)10(9)12-11(14)7(3)13/h4-6,9-10H,1-3H3,(H,12,14)/t5-,6?,9?,10?/m1/s1. The molecule has 2 rings (SSSR count). The topological polar surface area (TPSA) is 46.2 Å². The summed E-state index contributed by atoms with van der Waals surface area (Å²) in [7, 11) is 0. The Kier molecular flexibility index (Phi) is 1.98. The highest BCUT2D eigenvalue weighted by molar-refractivity contribution is 6.35. The first-order valence-electron chi connectivity index (χ1n) is 5.05. The van der Waals surface area contributed by atoms with Crippen LogP contribution in [0.15, 0.2) is 11.6 Å². The summed E-state index contributed by atoms with van der Waals surface area (Å²) >= 11 is 0. The van der Waals surface area contributed by atoms with Crippen molar-refractivity contribution in [2.75, 3.05) is 0 Å². The number of ketones is 1. The lowest BCUT2D eigenvalue weighted by Crippen LogP contribution is -2.32. The van der Waals surface area contributed by atoms with Crippen LogP contribution in [0.3, 0.4) is 0 Å². The van der Waals surface area contributed by atoms with Crippen LogP contribution in [0.2, 0.25) is 0 Å². The summed E-state index contributed by atoms with van der Waals surface area (Å²) in [5, 5.41) is 2.77. The molecule has 0 heterocycles. The van der Waals surface area contributed by atoms with Crippen LogP contribution < -0.4 is 5.32 Å². The van der Waals surface area contributed by atoms with Crippen LogP contribution in [-0.2, 0) is 9.59 Å². The molecule has 14 heavy (non-hydrogen) atoms. The van der Waals surface area contributed by atoms with Crippen LogP contribution in [-0.4, -0.2) is 17.7 Å². The highest BCUT2D eigenvalue weighted by atomic mass is 16.2. The largest absolute Gasteiger partial charge is 0.346 e. The second-order valence-electron chi connectivity index (χ2n) is 4.40. The SMILES string of the molecule is CC(=O)C(=O)NC1C(C)C1C1=C[C@H]1C. The third-order valence-corrected chi connectivity index (χ3v) is 3.24. The zero-order valence-electron chi connectivity index (χ0n) is 8.70. The van der Waals surface area contributed by atoms with E-state index in [0.29, 0.717) is 17.8 Å². The zero-order valence-corrected chi connectivity index (χ0v) is 8.70. The van der Waals surface area contributed by atoms with Gasteiger partial charge in [0.1, 0.15) is 0 Å². The highest BCUT2D eigenvalue weighted by Gasteiger charge is 2.53. The molecule has 0 radical (unpaired) electrons. The Bertz CT molecular complexity index is 332. The normalized spacial score (nSPS) is 38.6. The maximum Gasteiger partial charge on any atom is 0.287 e. The van der Waals surface area contributed by atoms with Gasteiger partial charge in [-0.25, -0.2) is 0 Å². The third-order valence-electron chi connectivity index (χ3n) is 3.24. The van der Waals surface area contributed by atoms with Gasteiger partial charge in [-0.1, -0.05) is 25.5 Å². The van der Waals surface area contributed by atoms with Gasteiger partial charge in [0.15, 0.2) is 0 Å². The molecule has 0 aliphatic heterocycles. The van der Waals surface area contributed by atoms with E-state index >= 15 is 0 Å². The summed E-state index contributed by atoms with van der Waals surface area (Å²) in [6.45, 7) is 5.57. The minimum absolute atomic E-state index is 0.197. The van der Waals surface area contributed by atoms with Crippen LogP contribution in [0.4, 0.5) is 0 Å². The van der Waals surface area contributed by atoms with Gasteiger partial charge < -0.3 is 5.32 Å². The fourth-order valence-corrected chi connectivity index (χ4v) is 2.10. The predicted molar refractivity (Wildman–Crippen MR) is 52.5 cm³/mol. The lowest BCUT2D eigenvalue weighted by atomic mass is 10.2. The van der Waals surface area contributed by atoms with Crippen molar-refractivity contribution in [2.45, 2.75) is 26.8 Å². The number of hydrogen-bond acceptors (Lipinski definition) is 2. The highest BCUT2D eigenvalue weighted by Crippen LogP contribution is 2.52. The molecule has 3 unspecified atom stereocenters. The zero-order chi connectivity index (χ0) is 10.5. The average molecular weight is 193 g/mol. The summed E-state index contributed by atoms with van der Waals surface area (Å²) in [5.41, 5.74) is 1.45. The number of nitrogens with one attached hydrogen (secondary N) is 1. The molecule has 0 bridgehead atoms. The average Bonchev–Trinajstić information content (AvgIpc) is 2.94. The maximum absolute atomic E-state index is 11.1. The van der Waals surface area contributed by atoms with Crippen molar-refractivity contribution < 1.29 is 9.59 Å². The molecule has 0 aromatic rings. The van der Waals surface area contributed by atoms with Gasteiger partial charge in [-0.15, -0.1) is 0 Å². The Hall–Kier alpha value is -1.12. The molecule has 76 valence electrons. The quantitative estimate of drug-likeness (QED) is 0.534. The molecule has 0 saturated heterocycles. The minimum atomic E-state index is -0.446. The monoisotopic (exact) mass is 193 g/mol. The van der Waals surface area contributed by atoms with Crippen LogP contribution in [0.1, 0.15) is 20.8 Å². The van der Waals surface area contributed by atoms with Gasteiger partial charge in [-0.05, 0) is 11.8 Å². The van der Waals surface area contributed by atoms with Crippen LogP contribution in [0.25, 0.3) is 0 Å². The van der Waals surface area contributed by atoms with E-state index in [0.717, 1.165) is 0 Å². The second kappa shape index (κ2) is 2.94. The molecule has 0 aromatic heterocycles. The van der Waals surface area contributed by atoms with E-state index in [2.05, 4.69) is 25.2 Å². The molecule has 2 aliphatic rings. The van der Waals surface area contributed by atoms with Crippen molar-refractivity contribution in [3.63, 3.8) is 0 Å². The van der Waals surface area contributed by atoms with Gasteiger partial charge in [0.25, 0.3) is 5.91 Å². The van der Waals surface area contributed by atoms with Crippen molar-refractivity contribution in [3.8, 4) is 0 Å². The Balaban J connectivity index is 1.87. The van der Waals surface area contributed by atoms with Crippen molar-refractivity contribution in [1.29, 1.82) is 0 Å². The van der Waals surface area contributed by atoms with Crippen molar-refractivity contribution in [2.24, 2.45) is 17.8 Å². The molecule has 1 fully saturated rings. The smallest absolute Gasteiger partial charge is 0.287 e. The Morgan fingerprint density at radius 3 is 2.36 bits per heavy atom. The van der Waals surface area contributed by atoms with Gasteiger partial charge >= 0.3 is 0 Å². The second-order valence-corrected chi connectivity index (χ2v) is 4.40. The van der Waals surface area contributed by atoms with Crippen molar-refractivity contribution in [1.82, 2.24) is 5.32 Å². The van der Waals surface area contributed by atoms with Crippen molar-refractivity contribution >= 4 is 11.7 Å². The molecule has 3 heteroatoms. The number of amides is 1. The van der Waals surface area contributed by atoms with E-state index in [9.17, 15) is 9.59 Å².